The van der Waals surface area contributed by atoms with Crippen molar-refractivity contribution in [2.45, 2.75) is 26.5 Å². The molecule has 0 saturated heterocycles. The van der Waals surface area contributed by atoms with Crippen LogP contribution >= 0.6 is 12.6 Å². The molecule has 0 bridgehead atoms. The lowest BCUT2D eigenvalue weighted by Crippen LogP contribution is -2.25. The maximum Gasteiger partial charge on any atom is 0.172 e. The minimum absolute atomic E-state index is 0.557. The van der Waals surface area contributed by atoms with Gasteiger partial charge in [-0.15, -0.1) is 0 Å². The van der Waals surface area contributed by atoms with E-state index in [2.05, 4.69) is 87.0 Å². The normalized spacial score (nSPS) is 10.5. The van der Waals surface area contributed by atoms with Crippen LogP contribution < -0.4 is 14.9 Å². The fourth-order valence-corrected chi connectivity index (χ4v) is 4.34. The Morgan fingerprint density at radius 2 is 1.32 bits per heavy atom. The van der Waals surface area contributed by atoms with Gasteiger partial charge in [-0.05, 0) is 39.9 Å². The number of hydrogen-bond donors (Lipinski definition) is 1. The molecule has 0 unspecified atom stereocenters. The van der Waals surface area contributed by atoms with Gasteiger partial charge in [0.25, 0.3) is 0 Å². The zero-order chi connectivity index (χ0) is 22.4. The number of ether oxygens (including phenoxy) is 2. The van der Waals surface area contributed by atoms with Gasteiger partial charge >= 0.3 is 0 Å². The second-order valence-corrected chi connectivity index (χ2v) is 7.68. The molecule has 0 N–H and O–H groups in total. The molecule has 0 heterocycles. The summed E-state index contributed by atoms with van der Waals surface area (Å²) in [6, 6.07) is 23.7. The molecule has 31 heavy (non-hydrogen) atoms. The van der Waals surface area contributed by atoms with Gasteiger partial charge in [-0.2, -0.15) is 12.6 Å². The SMILES string of the molecule is CCCB(C)c1ccc2c(-c3c(OC)ccc4ccccc34)c(OC)ccc2c1.CS. The molecule has 0 fully saturated rings. The lowest BCUT2D eigenvalue weighted by atomic mass is 9.44. The molecule has 4 aromatic rings. The van der Waals surface area contributed by atoms with E-state index in [1.54, 1.807) is 20.5 Å². The van der Waals surface area contributed by atoms with Gasteiger partial charge < -0.3 is 9.47 Å². The van der Waals surface area contributed by atoms with E-state index in [0.29, 0.717) is 6.71 Å². The summed E-state index contributed by atoms with van der Waals surface area (Å²) in [5, 5.41) is 4.78. The highest BCUT2D eigenvalue weighted by molar-refractivity contribution is 7.79. The van der Waals surface area contributed by atoms with E-state index in [1.807, 2.05) is 6.07 Å². The van der Waals surface area contributed by atoms with Crippen LogP contribution in [0.4, 0.5) is 0 Å². The van der Waals surface area contributed by atoms with Crippen LogP contribution in [-0.2, 0) is 0 Å². The average Bonchev–Trinajstić information content (AvgIpc) is 2.83. The molecule has 0 aliphatic rings. The maximum atomic E-state index is 5.82. The largest absolute Gasteiger partial charge is 0.496 e. The summed E-state index contributed by atoms with van der Waals surface area (Å²) in [4.78, 5) is 0. The molecule has 4 heteroatoms. The predicted molar refractivity (Wildman–Crippen MR) is 141 cm³/mol. The number of benzene rings is 4. The monoisotopic (exact) mass is 430 g/mol. The fraction of sp³-hybridized carbons (Fsp3) is 0.259. The molecular formula is C27H31BO2S. The Bertz CT molecular complexity index is 1170. The molecule has 0 atom stereocenters. The van der Waals surface area contributed by atoms with Crippen molar-refractivity contribution < 1.29 is 9.47 Å². The Labute approximate surface area is 192 Å². The van der Waals surface area contributed by atoms with Crippen molar-refractivity contribution in [2.24, 2.45) is 0 Å². The summed E-state index contributed by atoms with van der Waals surface area (Å²) in [5.74, 6) is 1.72. The first kappa shape index (κ1) is 23.1. The van der Waals surface area contributed by atoms with Crippen molar-refractivity contribution in [1.29, 1.82) is 0 Å². The van der Waals surface area contributed by atoms with E-state index < -0.39 is 0 Å². The molecule has 0 aromatic heterocycles. The van der Waals surface area contributed by atoms with Crippen LogP contribution in [0.5, 0.6) is 11.5 Å². The summed E-state index contributed by atoms with van der Waals surface area (Å²) < 4.78 is 11.6. The Morgan fingerprint density at radius 1 is 0.742 bits per heavy atom. The molecule has 0 amide bonds. The van der Waals surface area contributed by atoms with Crippen molar-refractivity contribution >= 4 is 46.3 Å². The van der Waals surface area contributed by atoms with Crippen molar-refractivity contribution in [1.82, 2.24) is 0 Å². The van der Waals surface area contributed by atoms with Crippen LogP contribution in [-0.4, -0.2) is 27.2 Å². The van der Waals surface area contributed by atoms with E-state index >= 15 is 0 Å². The molecule has 4 aromatic carbocycles. The van der Waals surface area contributed by atoms with Gasteiger partial charge in [0, 0.05) is 11.1 Å². The van der Waals surface area contributed by atoms with Gasteiger partial charge in [-0.1, -0.05) is 86.5 Å². The van der Waals surface area contributed by atoms with Crippen LogP contribution in [0.2, 0.25) is 13.1 Å². The van der Waals surface area contributed by atoms with Gasteiger partial charge in [-0.25, -0.2) is 0 Å². The number of rotatable bonds is 6. The molecule has 2 nitrogen and oxygen atoms in total. The Kier molecular flexibility index (Phi) is 7.92. The first-order chi connectivity index (χ1) is 15.2. The third-order valence-electron chi connectivity index (χ3n) is 5.88. The minimum atomic E-state index is 0.557. The minimum Gasteiger partial charge on any atom is -0.496 e. The first-order valence-electron chi connectivity index (χ1n) is 10.8. The maximum absolute atomic E-state index is 5.82. The quantitative estimate of drug-likeness (QED) is 0.263. The molecule has 4 rings (SSSR count). The van der Waals surface area contributed by atoms with Crippen LogP contribution in [0.1, 0.15) is 13.3 Å². The topological polar surface area (TPSA) is 18.5 Å². The van der Waals surface area contributed by atoms with Crippen LogP contribution in [0.15, 0.2) is 66.7 Å². The third-order valence-corrected chi connectivity index (χ3v) is 5.88. The summed E-state index contributed by atoms with van der Waals surface area (Å²) in [6.07, 6.45) is 4.09. The molecule has 160 valence electrons. The predicted octanol–water partition coefficient (Wildman–Crippen LogP) is 6.96. The van der Waals surface area contributed by atoms with E-state index in [-0.39, 0.29) is 0 Å². The van der Waals surface area contributed by atoms with Crippen molar-refractivity contribution in [3.05, 3.63) is 66.7 Å². The molecule has 0 radical (unpaired) electrons. The number of methoxy groups -OCH3 is 2. The van der Waals surface area contributed by atoms with Crippen LogP contribution in [0.3, 0.4) is 0 Å². The lowest BCUT2D eigenvalue weighted by molar-refractivity contribution is 0.411. The van der Waals surface area contributed by atoms with Crippen LogP contribution in [0, 0.1) is 0 Å². The third kappa shape index (κ3) is 4.55. The Balaban J connectivity index is 0.00000132. The van der Waals surface area contributed by atoms with Crippen molar-refractivity contribution in [3.8, 4) is 22.6 Å². The molecule has 0 saturated carbocycles. The average molecular weight is 430 g/mol. The van der Waals surface area contributed by atoms with Crippen molar-refractivity contribution in [3.63, 3.8) is 0 Å². The first-order valence-corrected chi connectivity index (χ1v) is 11.7. The number of hydrogen-bond acceptors (Lipinski definition) is 3. The molecule has 0 aliphatic carbocycles. The summed E-state index contributed by atoms with van der Waals surface area (Å²) in [7, 11) is 3.47. The van der Waals surface area contributed by atoms with Crippen LogP contribution in [0.25, 0.3) is 32.7 Å². The van der Waals surface area contributed by atoms with Gasteiger partial charge in [0.05, 0.1) is 14.2 Å². The van der Waals surface area contributed by atoms with Crippen molar-refractivity contribution in [2.75, 3.05) is 20.5 Å². The smallest absolute Gasteiger partial charge is 0.172 e. The molecule has 0 spiro atoms. The van der Waals surface area contributed by atoms with E-state index in [0.717, 1.165) is 22.6 Å². The second-order valence-electron chi connectivity index (χ2n) is 7.68. The Hall–Kier alpha value is -2.59. The molecular weight excluding hydrogens is 399 g/mol. The summed E-state index contributed by atoms with van der Waals surface area (Å²) in [6.45, 7) is 5.11. The standard InChI is InChI=1S/C26H27BO2.CH4S/c1-5-16-27(2)20-12-13-22-19(17-20)11-15-24(29-4)26(22)25-21-9-7-6-8-18(21)10-14-23(25)28-3;1-2/h6-15,17H,5,16H2,1-4H3;2H,1H3. The number of fused-ring (bicyclic) bond motifs is 2. The lowest BCUT2D eigenvalue weighted by Gasteiger charge is -2.18. The van der Waals surface area contributed by atoms with E-state index in [1.165, 1.54) is 39.7 Å². The summed E-state index contributed by atoms with van der Waals surface area (Å²) in [5.41, 5.74) is 3.57. The van der Waals surface area contributed by atoms with E-state index in [9.17, 15) is 0 Å². The summed E-state index contributed by atoms with van der Waals surface area (Å²) >= 11 is 3.53. The zero-order valence-corrected chi connectivity index (χ0v) is 20.0. The highest BCUT2D eigenvalue weighted by atomic mass is 32.1. The second kappa shape index (κ2) is 10.6. The number of thiol groups is 1. The zero-order valence-electron chi connectivity index (χ0n) is 19.1. The Morgan fingerprint density at radius 3 is 1.94 bits per heavy atom. The van der Waals surface area contributed by atoms with E-state index in [4.69, 9.17) is 9.47 Å². The van der Waals surface area contributed by atoms with Gasteiger partial charge in [0.2, 0.25) is 0 Å². The highest BCUT2D eigenvalue weighted by Gasteiger charge is 2.19. The molecule has 0 aliphatic heterocycles. The fourth-order valence-electron chi connectivity index (χ4n) is 4.34. The van der Waals surface area contributed by atoms with Gasteiger partial charge in [0.15, 0.2) is 6.71 Å². The highest BCUT2D eigenvalue weighted by Crippen LogP contribution is 2.45. The van der Waals surface area contributed by atoms with Gasteiger partial charge in [-0.3, -0.25) is 0 Å². The van der Waals surface area contributed by atoms with Gasteiger partial charge in [0.1, 0.15) is 11.5 Å².